The smallest absolute Gasteiger partial charge is 0.260 e. The predicted molar refractivity (Wildman–Crippen MR) is 121 cm³/mol. The van der Waals surface area contributed by atoms with Crippen LogP contribution in [-0.2, 0) is 11.2 Å². The number of carbonyl (C=O) groups is 1. The Labute approximate surface area is 194 Å². The van der Waals surface area contributed by atoms with E-state index in [0.717, 1.165) is 0 Å². The van der Waals surface area contributed by atoms with E-state index in [9.17, 15) is 14.4 Å². The summed E-state index contributed by atoms with van der Waals surface area (Å²) in [4.78, 5) is 12.3. The molecule has 166 valence electrons. The number of aromatic nitrogens is 2. The first-order valence-corrected chi connectivity index (χ1v) is 10.5. The van der Waals surface area contributed by atoms with Gasteiger partial charge in [0, 0.05) is 12.6 Å². The van der Waals surface area contributed by atoms with Gasteiger partial charge in [0.25, 0.3) is 5.91 Å². The molecular weight excluding hydrogens is 456 g/mol. The topological polar surface area (TPSA) is 106 Å². The minimum Gasteiger partial charge on any atom is -0.481 e. The van der Waals surface area contributed by atoms with Crippen LogP contribution in [0.4, 0.5) is 10.2 Å². The first-order valence-electron chi connectivity index (χ1n) is 9.73. The number of rotatable bonds is 8. The monoisotopic (exact) mass is 475 g/mol. The van der Waals surface area contributed by atoms with Crippen LogP contribution in [0.15, 0.2) is 42.5 Å². The van der Waals surface area contributed by atoms with E-state index in [2.05, 4.69) is 16.5 Å². The van der Waals surface area contributed by atoms with Gasteiger partial charge in [0.1, 0.15) is 29.0 Å². The summed E-state index contributed by atoms with van der Waals surface area (Å²) in [6.07, 6.45) is 0.207. The van der Waals surface area contributed by atoms with Gasteiger partial charge in [-0.2, -0.15) is 10.4 Å². The number of halogens is 3. The number of hydrogen-bond acceptors (Lipinski definition) is 5. The molecule has 0 radical (unpaired) electrons. The molecule has 0 aliphatic rings. The van der Waals surface area contributed by atoms with Crippen molar-refractivity contribution >= 4 is 34.9 Å². The van der Waals surface area contributed by atoms with Gasteiger partial charge in [-0.25, -0.2) is 9.07 Å². The van der Waals surface area contributed by atoms with Crippen molar-refractivity contribution < 1.29 is 13.9 Å². The second-order valence-corrected chi connectivity index (χ2v) is 7.75. The van der Waals surface area contributed by atoms with Crippen LogP contribution >= 0.6 is 23.2 Å². The maximum absolute atomic E-state index is 13.2. The molecule has 0 bridgehead atoms. The molecule has 2 aromatic carbocycles. The van der Waals surface area contributed by atoms with E-state index in [-0.39, 0.29) is 23.1 Å². The van der Waals surface area contributed by atoms with E-state index in [1.165, 1.54) is 28.9 Å². The molecular formula is C22H20Cl2FN5O2. The number of benzene rings is 2. The Bertz CT molecular complexity index is 1160. The van der Waals surface area contributed by atoms with Gasteiger partial charge in [-0.3, -0.25) is 4.79 Å². The molecule has 1 unspecified atom stereocenters. The lowest BCUT2D eigenvalue weighted by molar-refractivity contribution is -0.127. The molecule has 1 heterocycles. The maximum atomic E-state index is 13.2. The lowest BCUT2D eigenvalue weighted by Crippen LogP contribution is -2.37. The number of carbonyl (C=O) groups excluding carboxylic acids is 1. The molecule has 0 saturated carbocycles. The average molecular weight is 476 g/mol. The van der Waals surface area contributed by atoms with Gasteiger partial charge in [-0.1, -0.05) is 23.2 Å². The standard InChI is InChI=1S/C22H20Cl2FN5O2/c1-13(32-16-8-9-18(23)19(24)11-16)22(31)28-10-2-3-20-17(12-26)21(27)30(29-20)15-6-4-14(25)5-7-15/h4-9,11,13H,2-3,10,27H2,1H3,(H,28,31). The van der Waals surface area contributed by atoms with Crippen LogP contribution in [0.1, 0.15) is 24.6 Å². The zero-order chi connectivity index (χ0) is 23.3. The highest BCUT2D eigenvalue weighted by Crippen LogP contribution is 2.27. The second kappa shape index (κ2) is 10.4. The summed E-state index contributed by atoms with van der Waals surface area (Å²) >= 11 is 11.8. The van der Waals surface area contributed by atoms with Gasteiger partial charge in [-0.15, -0.1) is 0 Å². The minimum absolute atomic E-state index is 0.182. The van der Waals surface area contributed by atoms with Crippen molar-refractivity contribution in [2.45, 2.75) is 25.9 Å². The molecule has 32 heavy (non-hydrogen) atoms. The van der Waals surface area contributed by atoms with Crippen LogP contribution in [0, 0.1) is 17.1 Å². The van der Waals surface area contributed by atoms with E-state index in [0.29, 0.717) is 46.6 Å². The van der Waals surface area contributed by atoms with Gasteiger partial charge in [0.15, 0.2) is 6.10 Å². The highest BCUT2D eigenvalue weighted by atomic mass is 35.5. The molecule has 7 nitrogen and oxygen atoms in total. The molecule has 0 aliphatic carbocycles. The van der Waals surface area contributed by atoms with Gasteiger partial charge in [0.2, 0.25) is 0 Å². The summed E-state index contributed by atoms with van der Waals surface area (Å²) in [5.41, 5.74) is 7.36. The number of amides is 1. The summed E-state index contributed by atoms with van der Waals surface area (Å²) in [5, 5.41) is 17.4. The quantitative estimate of drug-likeness (QED) is 0.472. The fourth-order valence-corrected chi connectivity index (χ4v) is 3.26. The van der Waals surface area contributed by atoms with Crippen molar-refractivity contribution in [2.24, 2.45) is 0 Å². The zero-order valence-corrected chi connectivity index (χ0v) is 18.6. The summed E-state index contributed by atoms with van der Waals surface area (Å²) in [7, 11) is 0. The summed E-state index contributed by atoms with van der Waals surface area (Å²) in [5.74, 6) is -0.0643. The van der Waals surface area contributed by atoms with Crippen molar-refractivity contribution in [2.75, 3.05) is 12.3 Å². The zero-order valence-electron chi connectivity index (χ0n) is 17.1. The molecule has 10 heteroatoms. The number of aryl methyl sites for hydroxylation is 1. The molecule has 1 aromatic heterocycles. The molecule has 3 N–H and O–H groups in total. The molecule has 0 aliphatic heterocycles. The molecule has 1 amide bonds. The van der Waals surface area contributed by atoms with Gasteiger partial charge in [-0.05, 0) is 56.2 Å². The Balaban J connectivity index is 1.55. The fraction of sp³-hybridized carbons (Fsp3) is 0.227. The summed E-state index contributed by atoms with van der Waals surface area (Å²) in [6, 6.07) is 12.5. The van der Waals surface area contributed by atoms with E-state index in [1.807, 2.05) is 0 Å². The van der Waals surface area contributed by atoms with Crippen LogP contribution in [0.2, 0.25) is 10.0 Å². The Morgan fingerprint density at radius 1 is 1.28 bits per heavy atom. The first-order chi connectivity index (χ1) is 15.3. The largest absolute Gasteiger partial charge is 0.481 e. The fourth-order valence-electron chi connectivity index (χ4n) is 2.97. The Morgan fingerprint density at radius 3 is 2.66 bits per heavy atom. The van der Waals surface area contributed by atoms with E-state index >= 15 is 0 Å². The van der Waals surface area contributed by atoms with Crippen LogP contribution in [0.5, 0.6) is 5.75 Å². The Kier molecular flexibility index (Phi) is 7.57. The number of nitrogens with zero attached hydrogens (tertiary/aromatic N) is 3. The van der Waals surface area contributed by atoms with E-state index in [4.69, 9.17) is 33.7 Å². The van der Waals surface area contributed by atoms with Crippen molar-refractivity contribution in [1.82, 2.24) is 15.1 Å². The van der Waals surface area contributed by atoms with Crippen molar-refractivity contribution in [3.8, 4) is 17.5 Å². The third kappa shape index (κ3) is 5.49. The van der Waals surface area contributed by atoms with Gasteiger partial charge >= 0.3 is 0 Å². The average Bonchev–Trinajstić information content (AvgIpc) is 3.09. The third-order valence-electron chi connectivity index (χ3n) is 4.64. The molecule has 3 aromatic rings. The molecule has 1 atom stereocenters. The molecule has 0 saturated heterocycles. The minimum atomic E-state index is -0.741. The lowest BCUT2D eigenvalue weighted by atomic mass is 10.1. The number of ether oxygens (including phenoxy) is 1. The number of nitrogens with two attached hydrogens (primary N) is 1. The highest BCUT2D eigenvalue weighted by Gasteiger charge is 2.18. The molecule has 0 spiro atoms. The SMILES string of the molecule is CC(Oc1ccc(Cl)c(Cl)c1)C(=O)NCCCc1nn(-c2ccc(F)cc2)c(N)c1C#N. The van der Waals surface area contributed by atoms with Crippen LogP contribution < -0.4 is 15.8 Å². The van der Waals surface area contributed by atoms with E-state index in [1.54, 1.807) is 25.1 Å². The lowest BCUT2D eigenvalue weighted by Gasteiger charge is -2.15. The molecule has 3 rings (SSSR count). The van der Waals surface area contributed by atoms with Gasteiger partial charge < -0.3 is 15.8 Å². The number of nitriles is 1. The van der Waals surface area contributed by atoms with Crippen LogP contribution in [-0.4, -0.2) is 28.3 Å². The number of nitrogens with one attached hydrogen (secondary N) is 1. The first kappa shape index (κ1) is 23.4. The predicted octanol–water partition coefficient (Wildman–Crippen LogP) is 4.29. The number of hydrogen-bond donors (Lipinski definition) is 2. The maximum Gasteiger partial charge on any atom is 0.260 e. The highest BCUT2D eigenvalue weighted by molar-refractivity contribution is 6.42. The normalized spacial score (nSPS) is 11.6. The summed E-state index contributed by atoms with van der Waals surface area (Å²) in [6.45, 7) is 1.97. The second-order valence-electron chi connectivity index (χ2n) is 6.94. The summed E-state index contributed by atoms with van der Waals surface area (Å²) < 4.78 is 20.2. The van der Waals surface area contributed by atoms with Gasteiger partial charge in [0.05, 0.1) is 21.4 Å². The van der Waals surface area contributed by atoms with Crippen LogP contribution in [0.25, 0.3) is 5.69 Å². The Hall–Kier alpha value is -3.28. The molecule has 0 fully saturated rings. The van der Waals surface area contributed by atoms with Crippen molar-refractivity contribution in [3.63, 3.8) is 0 Å². The number of anilines is 1. The van der Waals surface area contributed by atoms with E-state index < -0.39 is 6.10 Å². The Morgan fingerprint density at radius 2 is 2.00 bits per heavy atom. The van der Waals surface area contributed by atoms with Crippen LogP contribution in [0.3, 0.4) is 0 Å². The van der Waals surface area contributed by atoms with Crippen molar-refractivity contribution in [1.29, 1.82) is 5.26 Å². The number of nitrogen functional groups attached to an aromatic ring is 1. The van der Waals surface area contributed by atoms with Crippen molar-refractivity contribution in [3.05, 3.63) is 69.6 Å². The third-order valence-corrected chi connectivity index (χ3v) is 5.38.